The molecule has 0 radical (unpaired) electrons. The monoisotopic (exact) mass is 279 g/mol. The minimum Gasteiger partial charge on any atom is -0.383 e. The SMILES string of the molecule is CC1(C)CCc2nn(-c3ccc(Cl)c(F)c3)c(N)c21. The van der Waals surface area contributed by atoms with Gasteiger partial charge in [0.25, 0.3) is 0 Å². The number of hydrogen-bond acceptors (Lipinski definition) is 2. The molecule has 0 fully saturated rings. The molecule has 1 heterocycles. The first-order valence-corrected chi connectivity index (χ1v) is 6.61. The van der Waals surface area contributed by atoms with Crippen molar-refractivity contribution in [3.05, 3.63) is 40.3 Å². The van der Waals surface area contributed by atoms with Crippen molar-refractivity contribution < 1.29 is 4.39 Å². The van der Waals surface area contributed by atoms with E-state index < -0.39 is 5.82 Å². The zero-order valence-electron chi connectivity index (χ0n) is 10.9. The van der Waals surface area contributed by atoms with Crippen molar-refractivity contribution in [3.8, 4) is 5.69 Å². The van der Waals surface area contributed by atoms with E-state index >= 15 is 0 Å². The Labute approximate surface area is 116 Å². The van der Waals surface area contributed by atoms with Gasteiger partial charge in [-0.15, -0.1) is 0 Å². The fourth-order valence-electron chi connectivity index (χ4n) is 2.76. The average Bonchev–Trinajstić information content (AvgIpc) is 2.82. The van der Waals surface area contributed by atoms with E-state index in [2.05, 4.69) is 18.9 Å². The minimum absolute atomic E-state index is 0.0304. The van der Waals surface area contributed by atoms with Crippen LogP contribution in [0, 0.1) is 5.82 Å². The van der Waals surface area contributed by atoms with E-state index in [0.717, 1.165) is 24.1 Å². The summed E-state index contributed by atoms with van der Waals surface area (Å²) in [6.07, 6.45) is 1.96. The highest BCUT2D eigenvalue weighted by Crippen LogP contribution is 2.42. The third-order valence-corrected chi connectivity index (χ3v) is 4.11. The summed E-state index contributed by atoms with van der Waals surface area (Å²) in [5.74, 6) is 0.132. The highest BCUT2D eigenvalue weighted by atomic mass is 35.5. The van der Waals surface area contributed by atoms with Crippen LogP contribution in [-0.2, 0) is 11.8 Å². The molecule has 0 saturated heterocycles. The fourth-order valence-corrected chi connectivity index (χ4v) is 2.88. The molecule has 1 aromatic heterocycles. The van der Waals surface area contributed by atoms with Gasteiger partial charge < -0.3 is 5.73 Å². The van der Waals surface area contributed by atoms with Gasteiger partial charge in [-0.2, -0.15) is 5.10 Å². The van der Waals surface area contributed by atoms with Crippen molar-refractivity contribution in [2.24, 2.45) is 0 Å². The second-order valence-electron chi connectivity index (χ2n) is 5.60. The summed E-state index contributed by atoms with van der Waals surface area (Å²) in [6, 6.07) is 4.59. The van der Waals surface area contributed by atoms with Gasteiger partial charge in [0.2, 0.25) is 0 Å². The lowest BCUT2D eigenvalue weighted by Crippen LogP contribution is -2.15. The molecule has 2 N–H and O–H groups in total. The van der Waals surface area contributed by atoms with E-state index in [0.29, 0.717) is 11.5 Å². The molecule has 1 aliphatic rings. The van der Waals surface area contributed by atoms with Crippen molar-refractivity contribution in [2.45, 2.75) is 32.1 Å². The molecule has 0 atom stereocenters. The van der Waals surface area contributed by atoms with E-state index in [9.17, 15) is 4.39 Å². The van der Waals surface area contributed by atoms with Crippen LogP contribution in [0.25, 0.3) is 5.69 Å². The number of anilines is 1. The summed E-state index contributed by atoms with van der Waals surface area (Å²) in [7, 11) is 0. The number of benzene rings is 1. The third kappa shape index (κ3) is 1.82. The molecule has 1 aliphatic carbocycles. The standard InChI is InChI=1S/C14H15ClFN3/c1-14(2)6-5-11-12(14)13(17)19(18-11)8-3-4-9(15)10(16)7-8/h3-4,7H,5-6,17H2,1-2H3. The maximum absolute atomic E-state index is 13.5. The zero-order chi connectivity index (χ0) is 13.8. The van der Waals surface area contributed by atoms with Gasteiger partial charge in [-0.1, -0.05) is 25.4 Å². The Hall–Kier alpha value is -1.55. The lowest BCUT2D eigenvalue weighted by Gasteiger charge is -2.18. The predicted octanol–water partition coefficient (Wildman–Crippen LogP) is 3.47. The molecule has 0 aliphatic heterocycles. The molecule has 19 heavy (non-hydrogen) atoms. The Morgan fingerprint density at radius 2 is 2.16 bits per heavy atom. The highest BCUT2D eigenvalue weighted by Gasteiger charge is 2.36. The van der Waals surface area contributed by atoms with E-state index in [1.807, 2.05) is 0 Å². The summed E-state index contributed by atoms with van der Waals surface area (Å²) in [5, 5.41) is 4.61. The number of aromatic nitrogens is 2. The summed E-state index contributed by atoms with van der Waals surface area (Å²) >= 11 is 5.69. The van der Waals surface area contributed by atoms with E-state index in [1.165, 1.54) is 12.1 Å². The number of nitrogen functional groups attached to an aromatic ring is 1. The number of nitrogens with zero attached hydrogens (tertiary/aromatic N) is 2. The quantitative estimate of drug-likeness (QED) is 0.869. The van der Waals surface area contributed by atoms with Crippen LogP contribution < -0.4 is 5.73 Å². The van der Waals surface area contributed by atoms with Crippen LogP contribution in [0.4, 0.5) is 10.2 Å². The largest absolute Gasteiger partial charge is 0.383 e. The molecule has 0 saturated carbocycles. The van der Waals surface area contributed by atoms with Gasteiger partial charge in [-0.25, -0.2) is 9.07 Å². The maximum Gasteiger partial charge on any atom is 0.143 e. The normalized spacial score (nSPS) is 16.6. The minimum atomic E-state index is -0.464. The molecule has 5 heteroatoms. The van der Waals surface area contributed by atoms with E-state index in [1.54, 1.807) is 10.7 Å². The number of aryl methyl sites for hydroxylation is 1. The Bertz CT molecular complexity index is 661. The van der Waals surface area contributed by atoms with Crippen LogP contribution in [0.5, 0.6) is 0 Å². The predicted molar refractivity (Wildman–Crippen MR) is 74.3 cm³/mol. The average molecular weight is 280 g/mol. The van der Waals surface area contributed by atoms with Gasteiger partial charge in [-0.05, 0) is 30.4 Å². The topological polar surface area (TPSA) is 43.8 Å². The van der Waals surface area contributed by atoms with Gasteiger partial charge in [0.1, 0.15) is 11.6 Å². The molecule has 2 aromatic rings. The second-order valence-corrected chi connectivity index (χ2v) is 6.01. The first-order chi connectivity index (χ1) is 8.90. The van der Waals surface area contributed by atoms with Crippen LogP contribution in [0.3, 0.4) is 0 Å². The Morgan fingerprint density at radius 1 is 1.42 bits per heavy atom. The Morgan fingerprint density at radius 3 is 2.79 bits per heavy atom. The first-order valence-electron chi connectivity index (χ1n) is 6.23. The van der Waals surface area contributed by atoms with E-state index in [4.69, 9.17) is 17.3 Å². The van der Waals surface area contributed by atoms with Gasteiger partial charge in [0.05, 0.1) is 16.4 Å². The van der Waals surface area contributed by atoms with Gasteiger partial charge >= 0.3 is 0 Å². The van der Waals surface area contributed by atoms with Crippen LogP contribution in [0.2, 0.25) is 5.02 Å². The van der Waals surface area contributed by atoms with Gasteiger partial charge in [0, 0.05) is 11.6 Å². The molecule has 0 unspecified atom stereocenters. The van der Waals surface area contributed by atoms with Crippen LogP contribution in [-0.4, -0.2) is 9.78 Å². The molecule has 100 valence electrons. The van der Waals surface area contributed by atoms with Gasteiger partial charge in [-0.3, -0.25) is 0 Å². The van der Waals surface area contributed by atoms with Crippen LogP contribution >= 0.6 is 11.6 Å². The lowest BCUT2D eigenvalue weighted by molar-refractivity contribution is 0.519. The second kappa shape index (κ2) is 3.97. The van der Waals surface area contributed by atoms with Crippen molar-refractivity contribution >= 4 is 17.4 Å². The van der Waals surface area contributed by atoms with Gasteiger partial charge in [0.15, 0.2) is 0 Å². The van der Waals surface area contributed by atoms with Crippen LogP contribution in [0.1, 0.15) is 31.5 Å². The number of nitrogens with two attached hydrogens (primary N) is 1. The molecule has 1 aromatic carbocycles. The summed E-state index contributed by atoms with van der Waals surface area (Å²) in [4.78, 5) is 0. The smallest absolute Gasteiger partial charge is 0.143 e. The molecular formula is C14H15ClFN3. The van der Waals surface area contributed by atoms with E-state index in [-0.39, 0.29) is 10.4 Å². The van der Waals surface area contributed by atoms with Crippen molar-refractivity contribution in [3.63, 3.8) is 0 Å². The first kappa shape index (κ1) is 12.5. The molecule has 0 bridgehead atoms. The maximum atomic E-state index is 13.5. The van der Waals surface area contributed by atoms with Crippen molar-refractivity contribution in [1.82, 2.24) is 9.78 Å². The van der Waals surface area contributed by atoms with Crippen molar-refractivity contribution in [1.29, 1.82) is 0 Å². The fraction of sp³-hybridized carbons (Fsp3) is 0.357. The number of hydrogen-bond donors (Lipinski definition) is 1. The molecule has 0 spiro atoms. The zero-order valence-corrected chi connectivity index (χ0v) is 11.6. The third-order valence-electron chi connectivity index (χ3n) is 3.80. The molecular weight excluding hydrogens is 265 g/mol. The number of fused-ring (bicyclic) bond motifs is 1. The molecule has 0 amide bonds. The summed E-state index contributed by atoms with van der Waals surface area (Å²) < 4.78 is 15.1. The van der Waals surface area contributed by atoms with Crippen LogP contribution in [0.15, 0.2) is 18.2 Å². The van der Waals surface area contributed by atoms with Crippen molar-refractivity contribution in [2.75, 3.05) is 5.73 Å². The highest BCUT2D eigenvalue weighted by molar-refractivity contribution is 6.30. The Kier molecular flexibility index (Phi) is 2.61. The molecule has 3 rings (SSSR count). The summed E-state index contributed by atoms with van der Waals surface area (Å²) in [6.45, 7) is 4.31. The number of halogens is 2. The number of rotatable bonds is 1. The Balaban J connectivity index is 2.15. The lowest BCUT2D eigenvalue weighted by atomic mass is 9.87. The summed E-state index contributed by atoms with van der Waals surface area (Å²) in [5.41, 5.74) is 8.93. The molecule has 3 nitrogen and oxygen atoms in total.